The Morgan fingerprint density at radius 2 is 1.96 bits per heavy atom. The average Bonchev–Trinajstić information content (AvgIpc) is 3.28. The summed E-state index contributed by atoms with van der Waals surface area (Å²) in [6, 6.07) is 6.46. The summed E-state index contributed by atoms with van der Waals surface area (Å²) >= 11 is 0. The molecule has 5 nitrogen and oxygen atoms in total. The Hall–Kier alpha value is -2.37. The van der Waals surface area contributed by atoms with Crippen LogP contribution in [0.15, 0.2) is 30.3 Å². The van der Waals surface area contributed by atoms with Gasteiger partial charge >= 0.3 is 0 Å². The van der Waals surface area contributed by atoms with Crippen molar-refractivity contribution in [2.45, 2.75) is 51.4 Å². The summed E-state index contributed by atoms with van der Waals surface area (Å²) < 4.78 is 13.0. The molecule has 1 heterocycles. The van der Waals surface area contributed by atoms with E-state index < -0.39 is 0 Å². The third-order valence-electron chi connectivity index (χ3n) is 5.12. The van der Waals surface area contributed by atoms with Gasteiger partial charge in [0.2, 0.25) is 0 Å². The van der Waals surface area contributed by atoms with Gasteiger partial charge in [-0.2, -0.15) is 5.21 Å². The van der Waals surface area contributed by atoms with Crippen molar-refractivity contribution in [1.82, 2.24) is 20.6 Å². The highest BCUT2D eigenvalue weighted by Gasteiger charge is 2.32. The number of unbranched alkanes of at least 4 members (excludes halogenated alkanes) is 3. The number of nitrogens with zero attached hydrogens (tertiary/aromatic N) is 3. The molecule has 0 bridgehead atoms. The van der Waals surface area contributed by atoms with Gasteiger partial charge in [0, 0.05) is 18.8 Å². The van der Waals surface area contributed by atoms with E-state index in [1.807, 2.05) is 6.08 Å². The van der Waals surface area contributed by atoms with Gasteiger partial charge in [0.05, 0.1) is 0 Å². The Kier molecular flexibility index (Phi) is 6.63. The maximum absolute atomic E-state index is 13.0. The third-order valence-corrected chi connectivity index (χ3v) is 5.12. The zero-order valence-electron chi connectivity index (χ0n) is 14.9. The first-order chi connectivity index (χ1) is 12.7. The average molecular weight is 356 g/mol. The lowest BCUT2D eigenvalue weighted by Gasteiger charge is -2.14. The van der Waals surface area contributed by atoms with Crippen LogP contribution in [0.25, 0.3) is 6.08 Å². The number of benzene rings is 1. The van der Waals surface area contributed by atoms with E-state index in [2.05, 4.69) is 26.7 Å². The number of nitrogens with one attached hydrogen (secondary N) is 1. The molecule has 0 spiro atoms. The smallest absolute Gasteiger partial charge is 0.174 e. The Balaban J connectivity index is 1.40. The van der Waals surface area contributed by atoms with Gasteiger partial charge in [-0.25, -0.2) is 4.39 Å². The van der Waals surface area contributed by atoms with Crippen LogP contribution in [-0.4, -0.2) is 26.4 Å². The second-order valence-corrected chi connectivity index (χ2v) is 6.97. The molecule has 1 aromatic carbocycles. The first-order valence-electron chi connectivity index (χ1n) is 9.41. The maximum Gasteiger partial charge on any atom is 0.174 e. The number of carbonyl (C=O) groups excluding carboxylic acids is 1. The molecule has 2 atom stereocenters. The molecule has 1 aliphatic carbocycles. The van der Waals surface area contributed by atoms with E-state index in [4.69, 9.17) is 0 Å². The van der Waals surface area contributed by atoms with Gasteiger partial charge in [-0.1, -0.05) is 48.8 Å². The summed E-state index contributed by atoms with van der Waals surface area (Å²) in [7, 11) is 0. The molecule has 0 aliphatic heterocycles. The molecule has 26 heavy (non-hydrogen) atoms. The van der Waals surface area contributed by atoms with Crippen LogP contribution in [0.4, 0.5) is 4.39 Å². The van der Waals surface area contributed by atoms with Crippen LogP contribution in [-0.2, 0) is 11.2 Å². The van der Waals surface area contributed by atoms with Crippen molar-refractivity contribution in [3.8, 4) is 0 Å². The van der Waals surface area contributed by atoms with E-state index >= 15 is 0 Å². The lowest BCUT2D eigenvalue weighted by atomic mass is 9.89. The summed E-state index contributed by atoms with van der Waals surface area (Å²) in [5.74, 6) is 1.39. The number of carbonyl (C=O) groups is 1. The van der Waals surface area contributed by atoms with Gasteiger partial charge in [-0.3, -0.25) is 4.79 Å². The third kappa shape index (κ3) is 5.31. The molecular formula is C20H25FN4O. The summed E-state index contributed by atoms with van der Waals surface area (Å²) in [5.41, 5.74) is 0.978. The minimum Gasteiger partial charge on any atom is -0.299 e. The number of aromatic nitrogens is 4. The molecule has 1 N–H and O–H groups in total. The van der Waals surface area contributed by atoms with Crippen LogP contribution in [0.2, 0.25) is 0 Å². The van der Waals surface area contributed by atoms with Crippen molar-refractivity contribution in [3.63, 3.8) is 0 Å². The van der Waals surface area contributed by atoms with Gasteiger partial charge in [0.25, 0.3) is 0 Å². The number of allylic oxidation sites excluding steroid dienone is 1. The van der Waals surface area contributed by atoms with Gasteiger partial charge in [0.15, 0.2) is 5.82 Å². The van der Waals surface area contributed by atoms with Crippen molar-refractivity contribution >= 4 is 11.9 Å². The molecule has 1 saturated carbocycles. The normalized spacial score (nSPS) is 20.3. The molecule has 0 amide bonds. The molecule has 0 unspecified atom stereocenters. The fraction of sp³-hybridized carbons (Fsp3) is 0.500. The van der Waals surface area contributed by atoms with Gasteiger partial charge < -0.3 is 0 Å². The van der Waals surface area contributed by atoms with Crippen LogP contribution < -0.4 is 0 Å². The molecule has 138 valence electrons. The minimum absolute atomic E-state index is 0.143. The zero-order chi connectivity index (χ0) is 18.2. The number of halogens is 1. The van der Waals surface area contributed by atoms with Crippen molar-refractivity contribution in [2.75, 3.05) is 0 Å². The number of tetrazole rings is 1. The van der Waals surface area contributed by atoms with Crippen LogP contribution in [0.1, 0.15) is 56.3 Å². The standard InChI is InChI=1S/C20H25FN4O/c21-17-12-8-15(9-13-17)7-10-16-11-14-19(26)18(16)5-3-1-2-4-6-20-22-24-25-23-20/h7-10,12-13,16,18H,1-6,11,14H2,(H,22,23,24,25)/t16-,18+/m0/s1. The first-order valence-corrected chi connectivity index (χ1v) is 9.41. The molecule has 1 aliphatic rings. The van der Waals surface area contributed by atoms with Crippen molar-refractivity contribution in [2.24, 2.45) is 11.8 Å². The maximum atomic E-state index is 13.0. The van der Waals surface area contributed by atoms with Crippen molar-refractivity contribution in [1.29, 1.82) is 0 Å². The highest BCUT2D eigenvalue weighted by Crippen LogP contribution is 2.34. The number of aromatic amines is 1. The SMILES string of the molecule is O=C1CC[C@H](C=Cc2ccc(F)cc2)[C@H]1CCCCCCc1nn[nH]n1. The van der Waals surface area contributed by atoms with E-state index in [0.717, 1.165) is 56.3 Å². The van der Waals surface area contributed by atoms with E-state index in [1.165, 1.54) is 12.1 Å². The fourth-order valence-corrected chi connectivity index (χ4v) is 3.64. The summed E-state index contributed by atoms with van der Waals surface area (Å²) in [4.78, 5) is 12.2. The van der Waals surface area contributed by atoms with E-state index in [1.54, 1.807) is 12.1 Å². The molecule has 6 heteroatoms. The molecular weight excluding hydrogens is 331 g/mol. The molecule has 1 fully saturated rings. The monoisotopic (exact) mass is 356 g/mol. The Morgan fingerprint density at radius 1 is 1.15 bits per heavy atom. The zero-order valence-corrected chi connectivity index (χ0v) is 14.9. The van der Waals surface area contributed by atoms with Crippen molar-refractivity contribution in [3.05, 3.63) is 47.5 Å². The topological polar surface area (TPSA) is 71.5 Å². The van der Waals surface area contributed by atoms with Crippen LogP contribution >= 0.6 is 0 Å². The Bertz CT molecular complexity index is 712. The Morgan fingerprint density at radius 3 is 2.73 bits per heavy atom. The molecule has 3 rings (SSSR count). The number of hydrogen-bond acceptors (Lipinski definition) is 4. The van der Waals surface area contributed by atoms with E-state index in [0.29, 0.717) is 18.1 Å². The lowest BCUT2D eigenvalue weighted by Crippen LogP contribution is -2.13. The largest absolute Gasteiger partial charge is 0.299 e. The molecule has 2 aromatic rings. The lowest BCUT2D eigenvalue weighted by molar-refractivity contribution is -0.121. The van der Waals surface area contributed by atoms with Crippen molar-refractivity contribution < 1.29 is 9.18 Å². The second kappa shape index (κ2) is 9.36. The first kappa shape index (κ1) is 18.4. The molecule has 1 aromatic heterocycles. The predicted octanol–water partition coefficient (Wildman–Crippen LogP) is 4.14. The number of ketones is 1. The second-order valence-electron chi connectivity index (χ2n) is 6.97. The number of Topliss-reactive ketones (excluding diaryl/α,β-unsaturated/α-hetero) is 1. The van der Waals surface area contributed by atoms with Crippen LogP contribution in [0, 0.1) is 17.7 Å². The van der Waals surface area contributed by atoms with E-state index in [-0.39, 0.29) is 11.7 Å². The quantitative estimate of drug-likeness (QED) is 0.686. The fourth-order valence-electron chi connectivity index (χ4n) is 3.64. The van der Waals surface area contributed by atoms with Crippen LogP contribution in [0.5, 0.6) is 0 Å². The number of H-pyrrole nitrogens is 1. The predicted molar refractivity (Wildman–Crippen MR) is 97.6 cm³/mol. The number of hydrogen-bond donors (Lipinski definition) is 1. The van der Waals surface area contributed by atoms with Gasteiger partial charge in [0.1, 0.15) is 11.6 Å². The van der Waals surface area contributed by atoms with Crippen LogP contribution in [0.3, 0.4) is 0 Å². The van der Waals surface area contributed by atoms with Gasteiger partial charge in [-0.15, -0.1) is 10.2 Å². The molecule has 0 saturated heterocycles. The summed E-state index contributed by atoms with van der Waals surface area (Å²) in [5, 5.41) is 13.9. The number of aryl methyl sites for hydroxylation is 1. The van der Waals surface area contributed by atoms with E-state index in [9.17, 15) is 9.18 Å². The minimum atomic E-state index is -0.226. The summed E-state index contributed by atoms with van der Waals surface area (Å²) in [6.45, 7) is 0. The molecule has 0 radical (unpaired) electrons. The Labute approximate surface area is 153 Å². The van der Waals surface area contributed by atoms with Gasteiger partial charge in [-0.05, 0) is 42.9 Å². The number of rotatable bonds is 9. The highest BCUT2D eigenvalue weighted by atomic mass is 19.1. The summed E-state index contributed by atoms with van der Waals surface area (Å²) in [6.07, 6.45) is 11.9. The highest BCUT2D eigenvalue weighted by molar-refractivity contribution is 5.83.